The molecule has 0 aliphatic rings. The van der Waals surface area contributed by atoms with Crippen LogP contribution in [0.25, 0.3) is 33.2 Å². The van der Waals surface area contributed by atoms with E-state index in [-0.39, 0.29) is 17.0 Å². The van der Waals surface area contributed by atoms with Gasteiger partial charge in [-0.05, 0) is 52.3 Å². The van der Waals surface area contributed by atoms with Crippen LogP contribution in [0, 0.1) is 0 Å². The summed E-state index contributed by atoms with van der Waals surface area (Å²) in [5.41, 5.74) is 2.70. The summed E-state index contributed by atoms with van der Waals surface area (Å²) < 4.78 is 50.9. The largest absolute Gasteiger partial charge is 0.573 e. The molecule has 2 aromatic carbocycles. The smallest absolute Gasteiger partial charge is 0.405 e. The van der Waals surface area contributed by atoms with Gasteiger partial charge in [-0.25, -0.2) is 4.98 Å². The maximum atomic E-state index is 12.9. The summed E-state index contributed by atoms with van der Waals surface area (Å²) in [5, 5.41) is 2.00. The summed E-state index contributed by atoms with van der Waals surface area (Å²) in [6, 6.07) is 15.1. The van der Waals surface area contributed by atoms with Gasteiger partial charge in [-0.15, -0.1) is 13.2 Å². The van der Waals surface area contributed by atoms with Crippen molar-refractivity contribution in [3.8, 4) is 17.1 Å². The Labute approximate surface area is 209 Å². The molecule has 34 heavy (non-hydrogen) atoms. The fourth-order valence-corrected chi connectivity index (χ4v) is 5.00. The molecule has 0 aliphatic heterocycles. The number of hydrogen-bond donors (Lipinski definition) is 0. The number of hydrogen-bond acceptors (Lipinski definition) is 3. The SMILES string of the molecule is C[Si](C)(C)CCOCn1c(-c2ccc3cccc(Cl)c3n2)cc2cc(OC(F)(F)F)c(Br)cc21. The van der Waals surface area contributed by atoms with Crippen LogP contribution in [0.2, 0.25) is 30.7 Å². The van der Waals surface area contributed by atoms with Crippen molar-refractivity contribution in [2.75, 3.05) is 6.61 Å². The first kappa shape index (κ1) is 25.0. The number of nitrogens with zero attached hydrogens (tertiary/aromatic N) is 2. The topological polar surface area (TPSA) is 36.3 Å². The van der Waals surface area contributed by atoms with Gasteiger partial charge in [0.1, 0.15) is 12.5 Å². The standard InChI is InChI=1S/C24H23BrClF3N2O2Si/c1-34(2,3)10-9-32-14-31-20-13-17(25)22(33-24(27,28)29)12-16(20)11-21(31)19-8-7-15-5-4-6-18(26)23(15)30-19/h4-8,11-13H,9-10,14H2,1-3H3. The number of halogens is 5. The molecule has 0 atom stereocenters. The molecule has 4 rings (SSSR count). The molecule has 0 aliphatic carbocycles. The van der Waals surface area contributed by atoms with E-state index in [1.54, 1.807) is 18.2 Å². The van der Waals surface area contributed by atoms with Gasteiger partial charge in [0.2, 0.25) is 0 Å². The lowest BCUT2D eigenvalue weighted by Gasteiger charge is -2.17. The fourth-order valence-electron chi connectivity index (χ4n) is 3.60. The average molecular weight is 572 g/mol. The van der Waals surface area contributed by atoms with E-state index in [0.717, 1.165) is 11.4 Å². The zero-order chi connectivity index (χ0) is 24.7. The van der Waals surface area contributed by atoms with Gasteiger partial charge in [0.25, 0.3) is 0 Å². The third-order valence-corrected chi connectivity index (χ3v) is 7.96. The Balaban J connectivity index is 1.81. The van der Waals surface area contributed by atoms with Crippen LogP contribution < -0.4 is 4.74 Å². The second-order valence-corrected chi connectivity index (χ2v) is 16.1. The highest BCUT2D eigenvalue weighted by Crippen LogP contribution is 2.38. The molecule has 0 amide bonds. The van der Waals surface area contributed by atoms with E-state index >= 15 is 0 Å². The first-order valence-corrected chi connectivity index (χ1v) is 15.5. The van der Waals surface area contributed by atoms with Gasteiger partial charge in [-0.1, -0.05) is 49.4 Å². The number of benzene rings is 2. The molecule has 4 nitrogen and oxygen atoms in total. The van der Waals surface area contributed by atoms with Crippen LogP contribution in [0.4, 0.5) is 13.2 Å². The normalized spacial score (nSPS) is 12.6. The lowest BCUT2D eigenvalue weighted by molar-refractivity contribution is -0.274. The van der Waals surface area contributed by atoms with Gasteiger partial charge in [-0.3, -0.25) is 0 Å². The molecule has 2 heterocycles. The molecule has 180 valence electrons. The Hall–Kier alpha value is -2.07. The molecular weight excluding hydrogens is 549 g/mol. The van der Waals surface area contributed by atoms with Crippen LogP contribution in [-0.2, 0) is 11.5 Å². The third kappa shape index (κ3) is 5.76. The minimum atomic E-state index is -4.79. The predicted octanol–water partition coefficient (Wildman–Crippen LogP) is 8.48. The van der Waals surface area contributed by atoms with Crippen molar-refractivity contribution >= 4 is 57.4 Å². The van der Waals surface area contributed by atoms with Crippen molar-refractivity contribution in [3.63, 3.8) is 0 Å². The van der Waals surface area contributed by atoms with Crippen LogP contribution in [0.1, 0.15) is 0 Å². The van der Waals surface area contributed by atoms with Gasteiger partial charge in [0.15, 0.2) is 0 Å². The predicted molar refractivity (Wildman–Crippen MR) is 136 cm³/mol. The van der Waals surface area contributed by atoms with Crippen molar-refractivity contribution in [2.24, 2.45) is 0 Å². The number of aromatic nitrogens is 2. The molecule has 0 bridgehead atoms. The van der Waals surface area contributed by atoms with Crippen LogP contribution in [0.3, 0.4) is 0 Å². The first-order valence-electron chi connectivity index (χ1n) is 10.6. The van der Waals surface area contributed by atoms with Crippen molar-refractivity contribution in [2.45, 2.75) is 38.8 Å². The molecule has 4 aromatic rings. The second kappa shape index (κ2) is 9.52. The van der Waals surface area contributed by atoms with Gasteiger partial charge < -0.3 is 14.0 Å². The van der Waals surface area contributed by atoms with E-state index in [1.807, 2.05) is 28.8 Å². The second-order valence-electron chi connectivity index (χ2n) is 9.20. The Bertz CT molecular complexity index is 1350. The molecule has 10 heteroatoms. The molecule has 0 radical (unpaired) electrons. The van der Waals surface area contributed by atoms with Crippen molar-refractivity contribution in [1.29, 1.82) is 0 Å². The molecule has 2 aromatic heterocycles. The Morgan fingerprint density at radius 3 is 2.53 bits per heavy atom. The lowest BCUT2D eigenvalue weighted by Crippen LogP contribution is -2.22. The number of alkyl halides is 3. The number of ether oxygens (including phenoxy) is 2. The molecular formula is C24H23BrClF3N2O2Si. The van der Waals surface area contributed by atoms with Crippen molar-refractivity contribution < 1.29 is 22.6 Å². The third-order valence-electron chi connectivity index (χ3n) is 5.33. The Morgan fingerprint density at radius 2 is 1.82 bits per heavy atom. The first-order chi connectivity index (χ1) is 15.9. The minimum Gasteiger partial charge on any atom is -0.405 e. The van der Waals surface area contributed by atoms with E-state index in [1.165, 1.54) is 6.07 Å². The zero-order valence-electron chi connectivity index (χ0n) is 18.8. The summed E-state index contributed by atoms with van der Waals surface area (Å²) in [5.74, 6) is -0.308. The quantitative estimate of drug-likeness (QED) is 0.165. The summed E-state index contributed by atoms with van der Waals surface area (Å²) in [6.45, 7) is 7.65. The van der Waals surface area contributed by atoms with E-state index in [2.05, 4.69) is 40.3 Å². The summed E-state index contributed by atoms with van der Waals surface area (Å²) >= 11 is 9.58. The highest BCUT2D eigenvalue weighted by Gasteiger charge is 2.32. The Kier molecular flexibility index (Phi) is 7.01. The molecule has 0 fully saturated rings. The van der Waals surface area contributed by atoms with Gasteiger partial charge in [-0.2, -0.15) is 0 Å². The summed E-state index contributed by atoms with van der Waals surface area (Å²) in [6.07, 6.45) is -4.79. The average Bonchev–Trinajstić information content (AvgIpc) is 3.07. The van der Waals surface area contributed by atoms with Gasteiger partial charge in [0, 0.05) is 25.5 Å². The monoisotopic (exact) mass is 570 g/mol. The van der Waals surface area contributed by atoms with E-state index < -0.39 is 14.4 Å². The number of pyridine rings is 1. The maximum Gasteiger partial charge on any atom is 0.573 e. The van der Waals surface area contributed by atoms with E-state index in [0.29, 0.717) is 39.4 Å². The van der Waals surface area contributed by atoms with Crippen molar-refractivity contribution in [3.05, 3.63) is 58.0 Å². The van der Waals surface area contributed by atoms with E-state index in [9.17, 15) is 13.2 Å². The minimum absolute atomic E-state index is 0.194. The lowest BCUT2D eigenvalue weighted by atomic mass is 10.1. The summed E-state index contributed by atoms with van der Waals surface area (Å²) in [4.78, 5) is 4.75. The molecule has 0 saturated carbocycles. The maximum absolute atomic E-state index is 12.9. The highest BCUT2D eigenvalue weighted by atomic mass is 79.9. The van der Waals surface area contributed by atoms with Crippen molar-refractivity contribution in [1.82, 2.24) is 9.55 Å². The van der Waals surface area contributed by atoms with Crippen LogP contribution in [0.5, 0.6) is 5.75 Å². The Morgan fingerprint density at radius 1 is 1.06 bits per heavy atom. The van der Waals surface area contributed by atoms with Gasteiger partial charge in [0.05, 0.1) is 31.9 Å². The number of fused-ring (bicyclic) bond motifs is 2. The number of rotatable bonds is 7. The van der Waals surface area contributed by atoms with Crippen LogP contribution >= 0.6 is 27.5 Å². The molecule has 0 spiro atoms. The fraction of sp³-hybridized carbons (Fsp3) is 0.292. The van der Waals surface area contributed by atoms with Crippen LogP contribution in [0.15, 0.2) is 53.0 Å². The molecule has 0 unspecified atom stereocenters. The van der Waals surface area contributed by atoms with Crippen LogP contribution in [-0.4, -0.2) is 30.6 Å². The molecule has 0 N–H and O–H groups in total. The highest BCUT2D eigenvalue weighted by molar-refractivity contribution is 9.10. The van der Waals surface area contributed by atoms with E-state index in [4.69, 9.17) is 21.3 Å². The summed E-state index contributed by atoms with van der Waals surface area (Å²) in [7, 11) is -1.28. The molecule has 0 saturated heterocycles. The number of para-hydroxylation sites is 1. The zero-order valence-corrected chi connectivity index (χ0v) is 22.2. The van der Waals surface area contributed by atoms with Gasteiger partial charge >= 0.3 is 6.36 Å².